The van der Waals surface area contributed by atoms with Crippen LogP contribution in [0.25, 0.3) is 0 Å². The van der Waals surface area contributed by atoms with E-state index in [9.17, 15) is 19.2 Å². The Bertz CT molecular complexity index is 1390. The number of anilines is 2. The molecule has 9 nitrogen and oxygen atoms in total. The number of piperazine rings is 2. The summed E-state index contributed by atoms with van der Waals surface area (Å²) in [5.74, 6) is -0.952. The second-order valence-corrected chi connectivity index (χ2v) is 16.2. The van der Waals surface area contributed by atoms with Gasteiger partial charge in [0.05, 0.1) is 0 Å². The number of nitrogens with one attached hydrogen (secondary N) is 1. The van der Waals surface area contributed by atoms with Gasteiger partial charge in [0.25, 0.3) is 23.6 Å². The number of hydrogen-bond donors (Lipinski definition) is 5. The summed E-state index contributed by atoms with van der Waals surface area (Å²) in [5.41, 5.74) is 1.26. The van der Waals surface area contributed by atoms with Crippen molar-refractivity contribution in [3.8, 4) is 0 Å². The minimum atomic E-state index is -1.24. The Hall–Kier alpha value is -1.74. The van der Waals surface area contributed by atoms with E-state index in [0.717, 1.165) is 32.1 Å². The van der Waals surface area contributed by atoms with E-state index < -0.39 is 20.5 Å². The molecule has 3 aliphatic heterocycles. The van der Waals surface area contributed by atoms with Crippen LogP contribution in [0.4, 0.5) is 11.4 Å². The highest BCUT2D eigenvalue weighted by Gasteiger charge is 2.63. The standard InChI is InChI=1S/C17H27Cl2N3O2S2.C16H14N2O2S2/c1-21-15(24)17(26,13-8-7-12(19)9-20-13)22(2)14(23)16(21,25)10-3-5-11(18)6-4-10;19-13-16(22)18(12-9-5-2-6-10-12)14(20)15(21)17(13)11-7-3-1-4-8-11/h10-13,20,25-26H,3-9H2,1-2H3;1-10,15-16,21-22H. The Labute approximate surface area is 314 Å². The fraction of sp³-hybridized carbons (Fsp3) is 0.515. The number of piperidine rings is 1. The average molecular weight is 771 g/mol. The Morgan fingerprint density at radius 2 is 1.06 bits per heavy atom. The summed E-state index contributed by atoms with van der Waals surface area (Å²) in [6, 6.07) is 17.8. The summed E-state index contributed by atoms with van der Waals surface area (Å²) in [6.45, 7) is 0.597. The van der Waals surface area contributed by atoms with Crippen molar-refractivity contribution in [1.82, 2.24) is 15.1 Å². The van der Waals surface area contributed by atoms with Gasteiger partial charge in [-0.1, -0.05) is 36.4 Å². The van der Waals surface area contributed by atoms with Crippen LogP contribution in [0.2, 0.25) is 0 Å². The molecule has 3 saturated heterocycles. The first-order chi connectivity index (χ1) is 22.7. The van der Waals surface area contributed by atoms with Gasteiger partial charge in [-0.05, 0) is 62.8 Å². The molecular weight excluding hydrogens is 730 g/mol. The summed E-state index contributed by atoms with van der Waals surface area (Å²) in [6.07, 6.45) is 4.70. The molecule has 0 spiro atoms. The lowest BCUT2D eigenvalue weighted by molar-refractivity contribution is -0.168. The quantitative estimate of drug-likeness (QED) is 0.226. The minimum Gasteiger partial charge on any atom is -0.320 e. The lowest BCUT2D eigenvalue weighted by Crippen LogP contribution is -2.78. The fourth-order valence-corrected chi connectivity index (χ4v) is 9.14. The van der Waals surface area contributed by atoms with E-state index in [1.165, 1.54) is 19.6 Å². The fourth-order valence-electron chi connectivity index (χ4n) is 6.97. The molecule has 260 valence electrons. The van der Waals surface area contributed by atoms with E-state index in [2.05, 4.69) is 30.6 Å². The minimum absolute atomic E-state index is 0.0193. The van der Waals surface area contributed by atoms with Gasteiger partial charge in [-0.25, -0.2) is 0 Å². The second kappa shape index (κ2) is 15.2. The molecule has 48 heavy (non-hydrogen) atoms. The van der Waals surface area contributed by atoms with E-state index in [1.807, 2.05) is 36.4 Å². The van der Waals surface area contributed by atoms with Crippen molar-refractivity contribution in [2.75, 3.05) is 30.4 Å². The van der Waals surface area contributed by atoms with Crippen LogP contribution >= 0.6 is 73.7 Å². The largest absolute Gasteiger partial charge is 0.320 e. The number of carbonyl (C=O) groups excluding carboxylic acids is 4. The maximum Gasteiger partial charge on any atom is 0.261 e. The molecule has 4 amide bonds. The van der Waals surface area contributed by atoms with Crippen molar-refractivity contribution in [2.45, 2.75) is 75.8 Å². The van der Waals surface area contributed by atoms with Gasteiger partial charge in [-0.2, -0.15) is 0 Å². The zero-order valence-electron chi connectivity index (χ0n) is 26.7. The van der Waals surface area contributed by atoms with Crippen LogP contribution in [0.3, 0.4) is 0 Å². The van der Waals surface area contributed by atoms with Crippen molar-refractivity contribution in [3.05, 3.63) is 60.7 Å². The molecule has 6 unspecified atom stereocenters. The first kappa shape index (κ1) is 37.5. The first-order valence-corrected chi connectivity index (χ1v) is 18.7. The number of amides is 4. The molecule has 0 bridgehead atoms. The zero-order valence-corrected chi connectivity index (χ0v) is 31.7. The van der Waals surface area contributed by atoms with Crippen LogP contribution < -0.4 is 15.1 Å². The lowest BCUT2D eigenvalue weighted by Gasteiger charge is -2.57. The van der Waals surface area contributed by atoms with Crippen molar-refractivity contribution < 1.29 is 19.2 Å². The van der Waals surface area contributed by atoms with Crippen LogP contribution in [0.1, 0.15) is 38.5 Å². The number of nitrogens with zero attached hydrogens (tertiary/aromatic N) is 4. The molecule has 2 aromatic rings. The van der Waals surface area contributed by atoms with Crippen LogP contribution in [0.5, 0.6) is 0 Å². The third-order valence-corrected chi connectivity index (χ3v) is 13.2. The van der Waals surface area contributed by atoms with Gasteiger partial charge < -0.3 is 15.1 Å². The topological polar surface area (TPSA) is 93.3 Å². The predicted molar refractivity (Wildman–Crippen MR) is 205 cm³/mol. The SMILES string of the molecule is CN1C(=O)C(S)(C2CCC(Cl)CN2)N(C)C(=O)C1(S)C1CCC(Cl)CC1.O=C1C(S)N(c2ccccc2)C(=O)C(S)N1c1ccccc1. The number of rotatable bonds is 4. The van der Waals surface area contributed by atoms with Gasteiger partial charge in [-0.15, -0.1) is 73.7 Å². The average Bonchev–Trinajstić information content (AvgIpc) is 3.10. The Balaban J connectivity index is 0.000000190. The Morgan fingerprint density at radius 1 is 0.646 bits per heavy atom. The van der Waals surface area contributed by atoms with Crippen LogP contribution in [-0.4, -0.2) is 91.4 Å². The Morgan fingerprint density at radius 3 is 1.50 bits per heavy atom. The van der Waals surface area contributed by atoms with Gasteiger partial charge in [0.15, 0.2) is 20.5 Å². The maximum atomic E-state index is 13.4. The molecule has 4 fully saturated rings. The summed E-state index contributed by atoms with van der Waals surface area (Å²) in [7, 11) is 3.33. The molecule has 0 aromatic heterocycles. The van der Waals surface area contributed by atoms with Gasteiger partial charge in [0.2, 0.25) is 0 Å². The highest BCUT2D eigenvalue weighted by molar-refractivity contribution is 7.83. The number of likely N-dealkylation sites (N-methyl/N-ethyl adjacent to an activating group) is 2. The number of thiol groups is 4. The summed E-state index contributed by atoms with van der Waals surface area (Å²) >= 11 is 30.6. The molecule has 1 saturated carbocycles. The van der Waals surface area contributed by atoms with Crippen LogP contribution in [0, 0.1) is 5.92 Å². The van der Waals surface area contributed by atoms with Gasteiger partial charge in [0.1, 0.15) is 0 Å². The third-order valence-electron chi connectivity index (χ3n) is 9.80. The monoisotopic (exact) mass is 769 g/mol. The number of hydrogen-bond acceptors (Lipinski definition) is 9. The molecule has 6 atom stereocenters. The molecule has 4 aliphatic rings. The highest BCUT2D eigenvalue weighted by atomic mass is 35.5. The third kappa shape index (κ3) is 6.81. The molecular formula is C33H41Cl2N5O4S4. The predicted octanol–water partition coefficient (Wildman–Crippen LogP) is 4.90. The molecule has 0 radical (unpaired) electrons. The molecule has 1 aliphatic carbocycles. The molecule has 6 rings (SSSR count). The van der Waals surface area contributed by atoms with Crippen LogP contribution in [-0.2, 0) is 19.2 Å². The number of carbonyl (C=O) groups is 4. The van der Waals surface area contributed by atoms with Crippen molar-refractivity contribution >= 4 is 109 Å². The van der Waals surface area contributed by atoms with Crippen LogP contribution in [0.15, 0.2) is 60.7 Å². The van der Waals surface area contributed by atoms with Crippen molar-refractivity contribution in [1.29, 1.82) is 0 Å². The van der Waals surface area contributed by atoms with E-state index >= 15 is 0 Å². The lowest BCUT2D eigenvalue weighted by atomic mass is 9.79. The number of alkyl halides is 2. The Kier molecular flexibility index (Phi) is 11.9. The molecule has 3 heterocycles. The highest BCUT2D eigenvalue weighted by Crippen LogP contribution is 2.47. The smallest absolute Gasteiger partial charge is 0.261 e. The van der Waals surface area contributed by atoms with E-state index in [-0.39, 0.29) is 46.3 Å². The summed E-state index contributed by atoms with van der Waals surface area (Å²) in [4.78, 5) is 55.6. The maximum absolute atomic E-state index is 13.4. The van der Waals surface area contributed by atoms with Crippen molar-refractivity contribution in [2.24, 2.45) is 5.92 Å². The summed E-state index contributed by atoms with van der Waals surface area (Å²) in [5, 5.41) is 1.72. The first-order valence-electron chi connectivity index (χ1n) is 15.9. The second-order valence-electron chi connectivity index (χ2n) is 12.6. The zero-order chi connectivity index (χ0) is 35.0. The van der Waals surface area contributed by atoms with E-state index in [1.54, 1.807) is 38.4 Å². The van der Waals surface area contributed by atoms with E-state index in [4.69, 9.17) is 48.5 Å². The number of para-hydroxylation sites is 2. The molecule has 1 N–H and O–H groups in total. The number of benzene rings is 2. The molecule has 2 aromatic carbocycles. The van der Waals surface area contributed by atoms with Gasteiger partial charge >= 0.3 is 0 Å². The van der Waals surface area contributed by atoms with Crippen molar-refractivity contribution in [3.63, 3.8) is 0 Å². The molecule has 15 heteroatoms. The van der Waals surface area contributed by atoms with Gasteiger partial charge in [-0.3, -0.25) is 29.0 Å². The normalized spacial score (nSPS) is 34.6. The summed E-state index contributed by atoms with van der Waals surface area (Å²) < 4.78 is 0. The van der Waals surface area contributed by atoms with Gasteiger partial charge in [0, 0.05) is 54.7 Å². The number of halogens is 2. The van der Waals surface area contributed by atoms with E-state index in [0.29, 0.717) is 24.3 Å².